The van der Waals surface area contributed by atoms with Crippen molar-refractivity contribution in [3.63, 3.8) is 0 Å². The standard InChI is InChI=1S/C13H26N2O2/c1-4-11(15-13(17)6-3)9-7-8-10-14-12(16)5-2/h11H,4-10H2,1-3H3,(H,14,16)(H,15,17). The highest BCUT2D eigenvalue weighted by Gasteiger charge is 2.08. The van der Waals surface area contributed by atoms with Crippen LogP contribution in [-0.2, 0) is 9.59 Å². The fourth-order valence-electron chi connectivity index (χ4n) is 1.58. The zero-order valence-corrected chi connectivity index (χ0v) is 11.3. The van der Waals surface area contributed by atoms with Gasteiger partial charge in [0.05, 0.1) is 0 Å². The Labute approximate surface area is 105 Å². The molecule has 2 N–H and O–H groups in total. The van der Waals surface area contributed by atoms with E-state index < -0.39 is 0 Å². The monoisotopic (exact) mass is 242 g/mol. The van der Waals surface area contributed by atoms with Crippen molar-refractivity contribution in [2.24, 2.45) is 0 Å². The van der Waals surface area contributed by atoms with Gasteiger partial charge in [-0.05, 0) is 25.7 Å². The molecule has 0 aromatic carbocycles. The van der Waals surface area contributed by atoms with Gasteiger partial charge in [-0.1, -0.05) is 20.8 Å². The van der Waals surface area contributed by atoms with E-state index in [0.717, 1.165) is 32.2 Å². The second kappa shape index (κ2) is 10.1. The summed E-state index contributed by atoms with van der Waals surface area (Å²) in [6, 6.07) is 0.282. The molecule has 100 valence electrons. The number of rotatable bonds is 9. The largest absolute Gasteiger partial charge is 0.356 e. The Kier molecular flexibility index (Phi) is 9.49. The van der Waals surface area contributed by atoms with E-state index in [1.165, 1.54) is 0 Å². The molecule has 1 atom stereocenters. The first-order valence-electron chi connectivity index (χ1n) is 6.70. The molecular weight excluding hydrogens is 216 g/mol. The molecule has 1 unspecified atom stereocenters. The van der Waals surface area contributed by atoms with E-state index in [1.807, 2.05) is 13.8 Å². The van der Waals surface area contributed by atoms with Gasteiger partial charge < -0.3 is 10.6 Å². The van der Waals surface area contributed by atoms with E-state index in [9.17, 15) is 9.59 Å². The summed E-state index contributed by atoms with van der Waals surface area (Å²) >= 11 is 0. The summed E-state index contributed by atoms with van der Waals surface area (Å²) in [6.07, 6.45) is 5.06. The summed E-state index contributed by atoms with van der Waals surface area (Å²) < 4.78 is 0. The van der Waals surface area contributed by atoms with Crippen LogP contribution in [0.4, 0.5) is 0 Å². The highest BCUT2D eigenvalue weighted by molar-refractivity contribution is 5.76. The molecule has 17 heavy (non-hydrogen) atoms. The number of nitrogens with one attached hydrogen (secondary N) is 2. The van der Waals surface area contributed by atoms with Crippen LogP contribution in [0.3, 0.4) is 0 Å². The number of unbranched alkanes of at least 4 members (excludes halogenated alkanes) is 1. The minimum absolute atomic E-state index is 0.108. The molecule has 0 spiro atoms. The predicted octanol–water partition coefficient (Wildman–Crippen LogP) is 1.99. The smallest absolute Gasteiger partial charge is 0.219 e. The van der Waals surface area contributed by atoms with Crippen LogP contribution in [0.1, 0.15) is 59.3 Å². The van der Waals surface area contributed by atoms with Gasteiger partial charge in [0.25, 0.3) is 0 Å². The lowest BCUT2D eigenvalue weighted by Gasteiger charge is -2.16. The Balaban J connectivity index is 3.56. The lowest BCUT2D eigenvalue weighted by atomic mass is 10.1. The maximum absolute atomic E-state index is 11.2. The lowest BCUT2D eigenvalue weighted by molar-refractivity contribution is -0.121. The summed E-state index contributed by atoms with van der Waals surface area (Å²) in [5.74, 6) is 0.229. The Bertz CT molecular complexity index is 229. The first-order valence-corrected chi connectivity index (χ1v) is 6.70. The maximum Gasteiger partial charge on any atom is 0.219 e. The van der Waals surface area contributed by atoms with E-state index in [-0.39, 0.29) is 17.9 Å². The number of hydrogen-bond donors (Lipinski definition) is 2. The van der Waals surface area contributed by atoms with Crippen LogP contribution in [0.25, 0.3) is 0 Å². The first-order chi connectivity index (χ1) is 8.13. The van der Waals surface area contributed by atoms with E-state index in [1.54, 1.807) is 0 Å². The summed E-state index contributed by atoms with van der Waals surface area (Å²) in [6.45, 7) is 6.54. The van der Waals surface area contributed by atoms with Gasteiger partial charge >= 0.3 is 0 Å². The first kappa shape index (κ1) is 15.9. The van der Waals surface area contributed by atoms with Gasteiger partial charge in [0.2, 0.25) is 11.8 Å². The number of carbonyl (C=O) groups excluding carboxylic acids is 2. The van der Waals surface area contributed by atoms with E-state index in [2.05, 4.69) is 17.6 Å². The van der Waals surface area contributed by atoms with Crippen molar-refractivity contribution < 1.29 is 9.59 Å². The van der Waals surface area contributed by atoms with Crippen LogP contribution in [0, 0.1) is 0 Å². The fraction of sp³-hybridized carbons (Fsp3) is 0.846. The average molecular weight is 242 g/mol. The maximum atomic E-state index is 11.2. The van der Waals surface area contributed by atoms with Crippen LogP contribution < -0.4 is 10.6 Å². The minimum Gasteiger partial charge on any atom is -0.356 e. The second-order valence-electron chi connectivity index (χ2n) is 4.23. The lowest BCUT2D eigenvalue weighted by Crippen LogP contribution is -2.34. The molecule has 0 aliphatic heterocycles. The molecule has 4 nitrogen and oxygen atoms in total. The Morgan fingerprint density at radius 3 is 2.18 bits per heavy atom. The van der Waals surface area contributed by atoms with Gasteiger partial charge in [-0.15, -0.1) is 0 Å². The summed E-state index contributed by atoms with van der Waals surface area (Å²) in [5.41, 5.74) is 0. The SMILES string of the molecule is CCC(=O)NCCCCC(CC)NC(=O)CC. The third kappa shape index (κ3) is 8.72. The van der Waals surface area contributed by atoms with Crippen LogP contribution >= 0.6 is 0 Å². The molecular formula is C13H26N2O2. The molecule has 0 aromatic rings. The van der Waals surface area contributed by atoms with Crippen molar-refractivity contribution in [2.75, 3.05) is 6.54 Å². The van der Waals surface area contributed by atoms with Gasteiger partial charge in [-0.2, -0.15) is 0 Å². The Morgan fingerprint density at radius 2 is 1.65 bits per heavy atom. The van der Waals surface area contributed by atoms with Crippen molar-refractivity contribution in [1.82, 2.24) is 10.6 Å². The van der Waals surface area contributed by atoms with Crippen LogP contribution in [0.5, 0.6) is 0 Å². The molecule has 0 heterocycles. The van der Waals surface area contributed by atoms with Gasteiger partial charge in [0, 0.05) is 25.4 Å². The second-order valence-corrected chi connectivity index (χ2v) is 4.23. The molecule has 0 bridgehead atoms. The molecule has 0 rings (SSSR count). The van der Waals surface area contributed by atoms with Crippen LogP contribution in [0.15, 0.2) is 0 Å². The molecule has 0 aliphatic rings. The minimum atomic E-state index is 0.108. The molecule has 0 saturated carbocycles. The summed E-state index contributed by atoms with van der Waals surface area (Å²) in [7, 11) is 0. The van der Waals surface area contributed by atoms with E-state index >= 15 is 0 Å². The normalized spacial score (nSPS) is 11.9. The summed E-state index contributed by atoms with van der Waals surface area (Å²) in [4.78, 5) is 22.2. The molecule has 0 aliphatic carbocycles. The fourth-order valence-corrected chi connectivity index (χ4v) is 1.58. The zero-order valence-electron chi connectivity index (χ0n) is 11.3. The molecule has 0 radical (unpaired) electrons. The van der Waals surface area contributed by atoms with Crippen molar-refractivity contribution in [2.45, 2.75) is 65.3 Å². The number of carbonyl (C=O) groups is 2. The summed E-state index contributed by atoms with van der Waals surface area (Å²) in [5, 5.41) is 5.85. The molecule has 0 fully saturated rings. The molecule has 2 amide bonds. The zero-order chi connectivity index (χ0) is 13.1. The number of amides is 2. The topological polar surface area (TPSA) is 58.2 Å². The Morgan fingerprint density at radius 1 is 1.00 bits per heavy atom. The van der Waals surface area contributed by atoms with Crippen molar-refractivity contribution in [1.29, 1.82) is 0 Å². The number of hydrogen-bond acceptors (Lipinski definition) is 2. The quantitative estimate of drug-likeness (QED) is 0.607. The van der Waals surface area contributed by atoms with Crippen molar-refractivity contribution in [3.05, 3.63) is 0 Å². The van der Waals surface area contributed by atoms with Gasteiger partial charge in [0.1, 0.15) is 0 Å². The van der Waals surface area contributed by atoms with E-state index in [4.69, 9.17) is 0 Å². The highest BCUT2D eigenvalue weighted by atomic mass is 16.2. The predicted molar refractivity (Wildman–Crippen MR) is 69.7 cm³/mol. The third-order valence-corrected chi connectivity index (χ3v) is 2.80. The van der Waals surface area contributed by atoms with Crippen molar-refractivity contribution in [3.8, 4) is 0 Å². The third-order valence-electron chi connectivity index (χ3n) is 2.80. The average Bonchev–Trinajstić information content (AvgIpc) is 2.36. The van der Waals surface area contributed by atoms with Gasteiger partial charge in [0.15, 0.2) is 0 Å². The molecule has 0 aromatic heterocycles. The van der Waals surface area contributed by atoms with E-state index in [0.29, 0.717) is 12.8 Å². The van der Waals surface area contributed by atoms with Crippen molar-refractivity contribution >= 4 is 11.8 Å². The van der Waals surface area contributed by atoms with Gasteiger partial charge in [-0.25, -0.2) is 0 Å². The Hall–Kier alpha value is -1.06. The highest BCUT2D eigenvalue weighted by Crippen LogP contribution is 2.04. The van der Waals surface area contributed by atoms with Crippen LogP contribution in [-0.4, -0.2) is 24.4 Å². The van der Waals surface area contributed by atoms with Crippen LogP contribution in [0.2, 0.25) is 0 Å². The van der Waals surface area contributed by atoms with Gasteiger partial charge in [-0.3, -0.25) is 9.59 Å². The molecule has 0 saturated heterocycles. The molecule has 4 heteroatoms.